The minimum absolute atomic E-state index is 0.0389. The van der Waals surface area contributed by atoms with Gasteiger partial charge in [0.2, 0.25) is 5.90 Å². The van der Waals surface area contributed by atoms with Crippen LogP contribution in [0.4, 0.5) is 0 Å². The highest BCUT2D eigenvalue weighted by Crippen LogP contribution is 2.30. The predicted molar refractivity (Wildman–Crippen MR) is 127 cm³/mol. The van der Waals surface area contributed by atoms with Crippen molar-refractivity contribution in [3.05, 3.63) is 103 Å². The second kappa shape index (κ2) is 9.28. The van der Waals surface area contributed by atoms with E-state index in [0.717, 1.165) is 10.0 Å². The van der Waals surface area contributed by atoms with Gasteiger partial charge in [-0.2, -0.15) is 0 Å². The van der Waals surface area contributed by atoms with Crippen molar-refractivity contribution in [1.82, 2.24) is 0 Å². The lowest BCUT2D eigenvalue weighted by molar-refractivity contribution is -0.129. The van der Waals surface area contributed by atoms with Crippen LogP contribution in [0.3, 0.4) is 0 Å². The lowest BCUT2D eigenvalue weighted by atomic mass is 10.1. The number of carbonyl (C=O) groups excluding carboxylic acids is 2. The number of halogens is 3. The molecule has 8 heteroatoms. The van der Waals surface area contributed by atoms with E-state index < -0.39 is 11.9 Å². The highest BCUT2D eigenvalue weighted by atomic mass is 79.9. The number of nitrogens with zero attached hydrogens (tertiary/aromatic N) is 1. The third kappa shape index (κ3) is 4.93. The van der Waals surface area contributed by atoms with E-state index >= 15 is 0 Å². The van der Waals surface area contributed by atoms with E-state index in [9.17, 15) is 9.59 Å². The molecule has 0 aromatic heterocycles. The summed E-state index contributed by atoms with van der Waals surface area (Å²) >= 11 is 15.5. The minimum Gasteiger partial charge on any atom is -0.422 e. The van der Waals surface area contributed by atoms with Gasteiger partial charge in [0.05, 0.1) is 16.1 Å². The maximum Gasteiger partial charge on any atom is 0.363 e. The van der Waals surface area contributed by atoms with Crippen molar-refractivity contribution in [2.75, 3.05) is 0 Å². The second-order valence-corrected chi connectivity index (χ2v) is 8.66. The van der Waals surface area contributed by atoms with Gasteiger partial charge in [-0.1, -0.05) is 56.8 Å². The molecule has 1 aliphatic rings. The number of hydrogen-bond acceptors (Lipinski definition) is 5. The van der Waals surface area contributed by atoms with Crippen LogP contribution in [0.2, 0.25) is 10.0 Å². The average molecular weight is 531 g/mol. The second-order valence-electron chi connectivity index (χ2n) is 6.90. The van der Waals surface area contributed by atoms with Crippen LogP contribution >= 0.6 is 39.1 Å². The first-order valence-corrected chi connectivity index (χ1v) is 10.9. The molecule has 0 spiro atoms. The Bertz CT molecular complexity index is 1320. The number of benzene rings is 3. The predicted octanol–water partition coefficient (Wildman–Crippen LogP) is 6.63. The molecule has 160 valence electrons. The SMILES string of the molecule is Cc1cccc(C(=O)Oc2ccc(Br)cc2/C=C2/N=C(c3ccc(Cl)cc3Cl)OC2=O)c1. The molecule has 32 heavy (non-hydrogen) atoms. The first kappa shape index (κ1) is 22.3. The summed E-state index contributed by atoms with van der Waals surface area (Å²) in [5.41, 5.74) is 2.31. The summed E-state index contributed by atoms with van der Waals surface area (Å²) in [5.74, 6) is -0.826. The first-order valence-electron chi connectivity index (χ1n) is 9.36. The molecule has 0 N–H and O–H groups in total. The third-order valence-corrected chi connectivity index (χ3v) is 5.54. The Morgan fingerprint density at radius 1 is 1.09 bits per heavy atom. The fraction of sp³-hybridized carbons (Fsp3) is 0.0417. The third-order valence-electron chi connectivity index (χ3n) is 4.50. The Balaban J connectivity index is 1.67. The van der Waals surface area contributed by atoms with Gasteiger partial charge in [-0.25, -0.2) is 14.6 Å². The van der Waals surface area contributed by atoms with E-state index in [0.29, 0.717) is 26.7 Å². The molecule has 0 aliphatic carbocycles. The first-order chi connectivity index (χ1) is 15.3. The fourth-order valence-electron chi connectivity index (χ4n) is 2.99. The van der Waals surface area contributed by atoms with Crippen LogP contribution in [0.1, 0.15) is 27.0 Å². The number of esters is 2. The number of rotatable bonds is 4. The van der Waals surface area contributed by atoms with Crippen molar-refractivity contribution in [2.24, 2.45) is 4.99 Å². The van der Waals surface area contributed by atoms with Crippen LogP contribution in [-0.2, 0) is 9.53 Å². The van der Waals surface area contributed by atoms with Crippen LogP contribution in [0, 0.1) is 6.92 Å². The van der Waals surface area contributed by atoms with Crippen LogP contribution in [0.15, 0.2) is 75.8 Å². The maximum absolute atomic E-state index is 12.6. The molecule has 0 radical (unpaired) electrons. The summed E-state index contributed by atoms with van der Waals surface area (Å²) in [4.78, 5) is 29.3. The summed E-state index contributed by atoms with van der Waals surface area (Å²) in [6, 6.07) is 16.9. The molecular formula is C24H14BrCl2NO4. The largest absolute Gasteiger partial charge is 0.422 e. The molecule has 4 rings (SSSR count). The van der Waals surface area contributed by atoms with Gasteiger partial charge in [0, 0.05) is 15.1 Å². The van der Waals surface area contributed by atoms with Gasteiger partial charge in [0.25, 0.3) is 0 Å². The average Bonchev–Trinajstić information content (AvgIpc) is 3.10. The summed E-state index contributed by atoms with van der Waals surface area (Å²) in [7, 11) is 0. The highest BCUT2D eigenvalue weighted by Gasteiger charge is 2.26. The molecule has 0 atom stereocenters. The van der Waals surface area contributed by atoms with Crippen molar-refractivity contribution in [3.63, 3.8) is 0 Å². The summed E-state index contributed by atoms with van der Waals surface area (Å²) in [6.45, 7) is 1.89. The smallest absolute Gasteiger partial charge is 0.363 e. The molecule has 0 fully saturated rings. The maximum atomic E-state index is 12.6. The van der Waals surface area contributed by atoms with E-state index in [2.05, 4.69) is 20.9 Å². The van der Waals surface area contributed by atoms with Gasteiger partial charge in [0.15, 0.2) is 5.70 Å². The van der Waals surface area contributed by atoms with Gasteiger partial charge < -0.3 is 9.47 Å². The summed E-state index contributed by atoms with van der Waals surface area (Å²) in [6.07, 6.45) is 1.49. The topological polar surface area (TPSA) is 65.0 Å². The minimum atomic E-state index is -0.651. The Hall–Kier alpha value is -2.93. The normalized spacial score (nSPS) is 14.3. The standard InChI is InChI=1S/C24H14BrCl2NO4/c1-13-3-2-4-14(9-13)23(29)31-21-8-5-16(25)10-15(21)11-20-24(30)32-22(28-20)18-7-6-17(26)12-19(18)27/h2-12H,1H3/b20-11+. The molecule has 0 saturated heterocycles. The Morgan fingerprint density at radius 3 is 2.66 bits per heavy atom. The van der Waals surface area contributed by atoms with Gasteiger partial charge in [-0.3, -0.25) is 0 Å². The lowest BCUT2D eigenvalue weighted by Gasteiger charge is -2.09. The molecule has 0 unspecified atom stereocenters. The summed E-state index contributed by atoms with van der Waals surface area (Å²) in [5, 5.41) is 0.758. The fourth-order valence-corrected chi connectivity index (χ4v) is 3.86. The zero-order valence-electron chi connectivity index (χ0n) is 16.6. The molecule has 1 heterocycles. The molecule has 3 aromatic carbocycles. The Morgan fingerprint density at radius 2 is 1.91 bits per heavy atom. The summed E-state index contributed by atoms with van der Waals surface area (Å²) < 4.78 is 11.6. The lowest BCUT2D eigenvalue weighted by Crippen LogP contribution is -2.09. The van der Waals surface area contributed by atoms with Crippen LogP contribution < -0.4 is 4.74 Å². The molecular weight excluding hydrogens is 517 g/mol. The van der Waals surface area contributed by atoms with Gasteiger partial charge in [-0.05, 0) is 61.5 Å². The molecule has 1 aliphatic heterocycles. The van der Waals surface area contributed by atoms with Crippen molar-refractivity contribution in [1.29, 1.82) is 0 Å². The van der Waals surface area contributed by atoms with Crippen LogP contribution in [0.25, 0.3) is 6.08 Å². The highest BCUT2D eigenvalue weighted by molar-refractivity contribution is 9.10. The Kier molecular flexibility index (Phi) is 6.46. The van der Waals surface area contributed by atoms with E-state index in [-0.39, 0.29) is 17.3 Å². The van der Waals surface area contributed by atoms with Gasteiger partial charge >= 0.3 is 11.9 Å². The van der Waals surface area contributed by atoms with Crippen LogP contribution in [0.5, 0.6) is 5.75 Å². The number of aryl methyl sites for hydroxylation is 1. The number of carbonyl (C=O) groups is 2. The van der Waals surface area contributed by atoms with E-state index in [1.165, 1.54) is 12.1 Å². The zero-order valence-corrected chi connectivity index (χ0v) is 19.7. The van der Waals surface area contributed by atoms with Crippen LogP contribution in [-0.4, -0.2) is 17.8 Å². The van der Waals surface area contributed by atoms with Crippen molar-refractivity contribution in [3.8, 4) is 5.75 Å². The van der Waals surface area contributed by atoms with E-state index in [1.54, 1.807) is 48.5 Å². The number of cyclic esters (lactones) is 1. The Labute approximate surface area is 202 Å². The van der Waals surface area contributed by atoms with Gasteiger partial charge in [0.1, 0.15) is 5.75 Å². The molecule has 0 saturated carbocycles. The van der Waals surface area contributed by atoms with E-state index in [1.807, 2.05) is 13.0 Å². The molecule has 0 amide bonds. The number of hydrogen-bond donors (Lipinski definition) is 0. The van der Waals surface area contributed by atoms with Crippen molar-refractivity contribution >= 4 is 63.0 Å². The van der Waals surface area contributed by atoms with Crippen molar-refractivity contribution < 1.29 is 19.1 Å². The number of ether oxygens (including phenoxy) is 2. The molecule has 0 bridgehead atoms. The quantitative estimate of drug-likeness (QED) is 0.216. The van der Waals surface area contributed by atoms with Crippen molar-refractivity contribution in [2.45, 2.75) is 6.92 Å². The molecule has 3 aromatic rings. The number of aliphatic imine (C=N–C) groups is 1. The van der Waals surface area contributed by atoms with E-state index in [4.69, 9.17) is 32.7 Å². The zero-order chi connectivity index (χ0) is 22.8. The monoisotopic (exact) mass is 529 g/mol. The molecule has 5 nitrogen and oxygen atoms in total. The van der Waals surface area contributed by atoms with Gasteiger partial charge in [-0.15, -0.1) is 0 Å².